The van der Waals surface area contributed by atoms with E-state index in [0.717, 1.165) is 12.8 Å². The number of carbonyl (C=O) groups is 1. The second-order valence-corrected chi connectivity index (χ2v) is 4.20. The highest BCUT2D eigenvalue weighted by molar-refractivity contribution is 5.95. The summed E-state index contributed by atoms with van der Waals surface area (Å²) in [7, 11) is 0. The smallest absolute Gasteiger partial charge is 0.308 e. The van der Waals surface area contributed by atoms with Gasteiger partial charge in [-0.25, -0.2) is 4.39 Å². The minimum absolute atomic E-state index is 0.376. The molecule has 18 heavy (non-hydrogen) atoms. The number of nitro groups is 1. The van der Waals surface area contributed by atoms with Crippen molar-refractivity contribution in [2.24, 2.45) is 5.92 Å². The third-order valence-electron chi connectivity index (χ3n) is 2.71. The molecule has 0 bridgehead atoms. The Morgan fingerprint density at radius 1 is 1.44 bits per heavy atom. The standard InChI is InChI=1S/C11H10F2N2O3/c12-7-3-8(10(13)9(4-7)15(17)18)11(16)14-5-6-1-2-6/h3-4,6H,1-2,5H2,(H,14,16). The number of benzene rings is 1. The first kappa shape index (κ1) is 12.4. The number of nitrogens with one attached hydrogen (secondary N) is 1. The van der Waals surface area contributed by atoms with Crippen LogP contribution in [0.4, 0.5) is 14.5 Å². The maximum Gasteiger partial charge on any atom is 0.308 e. The Hall–Kier alpha value is -2.05. The van der Waals surface area contributed by atoms with Crippen LogP contribution >= 0.6 is 0 Å². The number of rotatable bonds is 4. The molecule has 0 unspecified atom stereocenters. The lowest BCUT2D eigenvalue weighted by atomic mass is 10.1. The van der Waals surface area contributed by atoms with E-state index in [2.05, 4.69) is 5.32 Å². The number of carbonyl (C=O) groups excluding carboxylic acids is 1. The highest BCUT2D eigenvalue weighted by Crippen LogP contribution is 2.28. The van der Waals surface area contributed by atoms with Crippen LogP contribution in [0.3, 0.4) is 0 Å². The van der Waals surface area contributed by atoms with E-state index in [1.807, 2.05) is 0 Å². The molecule has 7 heteroatoms. The van der Waals surface area contributed by atoms with E-state index in [9.17, 15) is 23.7 Å². The van der Waals surface area contributed by atoms with Crippen molar-refractivity contribution >= 4 is 11.6 Å². The number of nitrogens with zero attached hydrogens (tertiary/aromatic N) is 1. The van der Waals surface area contributed by atoms with Gasteiger partial charge in [-0.1, -0.05) is 0 Å². The van der Waals surface area contributed by atoms with Gasteiger partial charge in [0.05, 0.1) is 16.6 Å². The van der Waals surface area contributed by atoms with Crippen LogP contribution in [0, 0.1) is 27.7 Å². The van der Waals surface area contributed by atoms with Crippen molar-refractivity contribution in [1.82, 2.24) is 5.32 Å². The van der Waals surface area contributed by atoms with Gasteiger partial charge in [-0.05, 0) is 24.8 Å². The zero-order valence-electron chi connectivity index (χ0n) is 9.28. The molecule has 0 saturated heterocycles. The quantitative estimate of drug-likeness (QED) is 0.661. The van der Waals surface area contributed by atoms with Gasteiger partial charge in [0, 0.05) is 6.54 Å². The molecule has 5 nitrogen and oxygen atoms in total. The number of hydrogen-bond acceptors (Lipinski definition) is 3. The molecule has 1 aromatic rings. The predicted molar refractivity (Wildman–Crippen MR) is 58.1 cm³/mol. The third kappa shape index (κ3) is 2.61. The summed E-state index contributed by atoms with van der Waals surface area (Å²) in [5, 5.41) is 12.9. The van der Waals surface area contributed by atoms with E-state index < -0.39 is 33.7 Å². The molecule has 1 amide bonds. The Morgan fingerprint density at radius 3 is 2.67 bits per heavy atom. The van der Waals surface area contributed by atoms with Gasteiger partial charge in [-0.3, -0.25) is 14.9 Å². The van der Waals surface area contributed by atoms with Gasteiger partial charge in [0.25, 0.3) is 5.91 Å². The van der Waals surface area contributed by atoms with E-state index in [1.165, 1.54) is 0 Å². The van der Waals surface area contributed by atoms with Gasteiger partial charge < -0.3 is 5.32 Å². The fourth-order valence-corrected chi connectivity index (χ4v) is 1.53. The van der Waals surface area contributed by atoms with Crippen LogP contribution in [0.15, 0.2) is 12.1 Å². The summed E-state index contributed by atoms with van der Waals surface area (Å²) in [4.78, 5) is 21.0. The van der Waals surface area contributed by atoms with Gasteiger partial charge in [0.2, 0.25) is 5.82 Å². The Bertz CT molecular complexity index is 515. The van der Waals surface area contributed by atoms with Gasteiger partial charge in [-0.15, -0.1) is 0 Å². The number of amides is 1. The lowest BCUT2D eigenvalue weighted by molar-refractivity contribution is -0.387. The molecule has 0 heterocycles. The molecule has 1 aromatic carbocycles. The summed E-state index contributed by atoms with van der Waals surface area (Å²) in [6.07, 6.45) is 1.98. The van der Waals surface area contributed by atoms with E-state index >= 15 is 0 Å². The fourth-order valence-electron chi connectivity index (χ4n) is 1.53. The van der Waals surface area contributed by atoms with Gasteiger partial charge in [0.1, 0.15) is 5.82 Å². The van der Waals surface area contributed by atoms with Crippen LogP contribution in [-0.4, -0.2) is 17.4 Å². The van der Waals surface area contributed by atoms with Crippen molar-refractivity contribution in [3.8, 4) is 0 Å². The largest absolute Gasteiger partial charge is 0.352 e. The molecule has 0 radical (unpaired) electrons. The minimum atomic E-state index is -1.31. The van der Waals surface area contributed by atoms with E-state index in [4.69, 9.17) is 0 Å². The van der Waals surface area contributed by atoms with Crippen molar-refractivity contribution in [2.45, 2.75) is 12.8 Å². The summed E-state index contributed by atoms with van der Waals surface area (Å²) in [6, 6.07) is 1.11. The molecule has 2 rings (SSSR count). The lowest BCUT2D eigenvalue weighted by Gasteiger charge is -2.05. The lowest BCUT2D eigenvalue weighted by Crippen LogP contribution is -2.26. The topological polar surface area (TPSA) is 72.2 Å². The van der Waals surface area contributed by atoms with Crippen molar-refractivity contribution in [3.05, 3.63) is 39.4 Å². The minimum Gasteiger partial charge on any atom is -0.352 e. The fraction of sp³-hybridized carbons (Fsp3) is 0.364. The highest BCUT2D eigenvalue weighted by atomic mass is 19.1. The molecule has 0 atom stereocenters. The summed E-state index contributed by atoms with van der Waals surface area (Å²) in [6.45, 7) is 0.378. The molecule has 0 aliphatic heterocycles. The van der Waals surface area contributed by atoms with E-state index in [-0.39, 0.29) is 0 Å². The van der Waals surface area contributed by atoms with E-state index in [1.54, 1.807) is 0 Å². The summed E-state index contributed by atoms with van der Waals surface area (Å²) in [5.74, 6) is -2.78. The normalized spacial score (nSPS) is 14.3. The molecule has 1 aliphatic rings. The van der Waals surface area contributed by atoms with Crippen LogP contribution in [0.25, 0.3) is 0 Å². The molecule has 1 fully saturated rings. The predicted octanol–water partition coefficient (Wildman–Crippen LogP) is 2.01. The third-order valence-corrected chi connectivity index (χ3v) is 2.71. The number of halogens is 2. The molecule has 0 aromatic heterocycles. The van der Waals surface area contributed by atoms with Crippen molar-refractivity contribution < 1.29 is 18.5 Å². The van der Waals surface area contributed by atoms with Crippen LogP contribution in [0.2, 0.25) is 0 Å². The Balaban J connectivity index is 2.24. The van der Waals surface area contributed by atoms with Crippen molar-refractivity contribution in [2.75, 3.05) is 6.54 Å². The second kappa shape index (κ2) is 4.67. The Labute approximate surface area is 101 Å². The second-order valence-electron chi connectivity index (χ2n) is 4.20. The summed E-state index contributed by atoms with van der Waals surface area (Å²) < 4.78 is 26.7. The van der Waals surface area contributed by atoms with Crippen molar-refractivity contribution in [3.63, 3.8) is 0 Å². The number of nitro benzene ring substituents is 1. The van der Waals surface area contributed by atoms with Gasteiger partial charge in [0.15, 0.2) is 0 Å². The monoisotopic (exact) mass is 256 g/mol. The average molecular weight is 256 g/mol. The molecule has 1 aliphatic carbocycles. The molecule has 1 N–H and O–H groups in total. The van der Waals surface area contributed by atoms with Crippen LogP contribution in [0.5, 0.6) is 0 Å². The van der Waals surface area contributed by atoms with Crippen LogP contribution < -0.4 is 5.32 Å². The first-order chi connectivity index (χ1) is 8.49. The zero-order chi connectivity index (χ0) is 13.3. The first-order valence-corrected chi connectivity index (χ1v) is 5.40. The van der Waals surface area contributed by atoms with Crippen molar-refractivity contribution in [1.29, 1.82) is 0 Å². The van der Waals surface area contributed by atoms with Crippen LogP contribution in [0.1, 0.15) is 23.2 Å². The SMILES string of the molecule is O=C(NCC1CC1)c1cc(F)cc([N+](=O)[O-])c1F. The maximum absolute atomic E-state index is 13.6. The maximum atomic E-state index is 13.6. The first-order valence-electron chi connectivity index (χ1n) is 5.40. The average Bonchev–Trinajstić information content (AvgIpc) is 3.12. The van der Waals surface area contributed by atoms with Gasteiger partial charge >= 0.3 is 5.69 Å². The van der Waals surface area contributed by atoms with Gasteiger partial charge in [-0.2, -0.15) is 4.39 Å². The summed E-state index contributed by atoms with van der Waals surface area (Å²) >= 11 is 0. The molecular weight excluding hydrogens is 246 g/mol. The summed E-state index contributed by atoms with van der Waals surface area (Å²) in [5.41, 5.74) is -1.67. The number of hydrogen-bond donors (Lipinski definition) is 1. The van der Waals surface area contributed by atoms with E-state index in [0.29, 0.717) is 24.6 Å². The molecular formula is C11H10F2N2O3. The zero-order valence-corrected chi connectivity index (χ0v) is 9.28. The molecule has 0 spiro atoms. The highest BCUT2D eigenvalue weighted by Gasteiger charge is 2.26. The Kier molecular flexibility index (Phi) is 3.22. The molecule has 96 valence electrons. The Morgan fingerprint density at radius 2 is 2.11 bits per heavy atom. The van der Waals surface area contributed by atoms with Crippen LogP contribution in [-0.2, 0) is 0 Å². The molecule has 1 saturated carbocycles.